The summed E-state index contributed by atoms with van der Waals surface area (Å²) in [6.45, 7) is 6.29. The molecule has 0 unspecified atom stereocenters. The van der Waals surface area contributed by atoms with Crippen molar-refractivity contribution in [3.8, 4) is 16.3 Å². The molecular weight excluding hydrogens is 517 g/mol. The first kappa shape index (κ1) is 23.6. The van der Waals surface area contributed by atoms with Crippen LogP contribution in [0.3, 0.4) is 0 Å². The summed E-state index contributed by atoms with van der Waals surface area (Å²) in [6.07, 6.45) is 2.81. The number of halogens is 1. The summed E-state index contributed by atoms with van der Waals surface area (Å²) in [4.78, 5) is 15.0. The van der Waals surface area contributed by atoms with E-state index in [4.69, 9.17) is 9.72 Å². The maximum absolute atomic E-state index is 5.21. The van der Waals surface area contributed by atoms with Gasteiger partial charge in [0.1, 0.15) is 10.8 Å². The summed E-state index contributed by atoms with van der Waals surface area (Å²) >= 11 is 3.37. The predicted molar refractivity (Wildman–Crippen MR) is 133 cm³/mol. The fraction of sp³-hybridized carbons (Fsp3) is 0.350. The number of nitrogens with zero attached hydrogens (tertiary/aromatic N) is 3. The van der Waals surface area contributed by atoms with Crippen molar-refractivity contribution in [2.24, 2.45) is 4.99 Å². The van der Waals surface area contributed by atoms with Gasteiger partial charge in [0.25, 0.3) is 0 Å². The topological polar surface area (TPSA) is 71.4 Å². The van der Waals surface area contributed by atoms with Gasteiger partial charge in [-0.1, -0.05) is 0 Å². The Kier molecular flexibility index (Phi) is 9.82. The maximum Gasteiger partial charge on any atom is 0.191 e. The first-order chi connectivity index (χ1) is 13.7. The molecule has 29 heavy (non-hydrogen) atoms. The van der Waals surface area contributed by atoms with E-state index in [1.165, 1.54) is 4.88 Å². The van der Waals surface area contributed by atoms with Crippen LogP contribution in [-0.2, 0) is 13.0 Å². The molecule has 0 atom stereocenters. The van der Waals surface area contributed by atoms with E-state index in [2.05, 4.69) is 39.8 Å². The van der Waals surface area contributed by atoms with Crippen molar-refractivity contribution in [2.45, 2.75) is 26.8 Å². The van der Waals surface area contributed by atoms with Crippen molar-refractivity contribution in [2.75, 3.05) is 20.2 Å². The molecule has 156 valence electrons. The van der Waals surface area contributed by atoms with Gasteiger partial charge in [-0.3, -0.25) is 0 Å². The van der Waals surface area contributed by atoms with Crippen molar-refractivity contribution in [1.82, 2.24) is 20.6 Å². The van der Waals surface area contributed by atoms with E-state index in [1.54, 1.807) is 29.8 Å². The molecule has 0 amide bonds. The number of aromatic nitrogens is 2. The highest BCUT2D eigenvalue weighted by molar-refractivity contribution is 14.0. The van der Waals surface area contributed by atoms with Crippen LogP contribution in [0.1, 0.15) is 22.5 Å². The minimum Gasteiger partial charge on any atom is -0.497 e. The highest BCUT2D eigenvalue weighted by atomic mass is 127. The second-order valence-corrected chi connectivity index (χ2v) is 8.29. The number of benzene rings is 1. The van der Waals surface area contributed by atoms with Crippen molar-refractivity contribution in [1.29, 1.82) is 0 Å². The highest BCUT2D eigenvalue weighted by Gasteiger charge is 2.06. The van der Waals surface area contributed by atoms with E-state index in [-0.39, 0.29) is 24.0 Å². The number of rotatable bonds is 8. The number of methoxy groups -OCH3 is 1. The van der Waals surface area contributed by atoms with Gasteiger partial charge >= 0.3 is 0 Å². The summed E-state index contributed by atoms with van der Waals surface area (Å²) < 4.78 is 5.21. The van der Waals surface area contributed by atoms with E-state index >= 15 is 0 Å². The lowest BCUT2D eigenvalue weighted by Gasteiger charge is -2.10. The number of aliphatic imine (C=N–C) groups is 1. The molecule has 0 saturated carbocycles. The molecule has 0 fully saturated rings. The summed E-state index contributed by atoms with van der Waals surface area (Å²) in [5.41, 5.74) is 2.05. The molecule has 9 heteroatoms. The molecule has 0 aliphatic rings. The molecule has 0 aliphatic heterocycles. The minimum absolute atomic E-state index is 0. The lowest BCUT2D eigenvalue weighted by atomic mass is 10.2. The number of thiazole rings is 2. The lowest BCUT2D eigenvalue weighted by molar-refractivity contribution is 0.415. The zero-order valence-electron chi connectivity index (χ0n) is 16.8. The van der Waals surface area contributed by atoms with Crippen LogP contribution < -0.4 is 15.4 Å². The van der Waals surface area contributed by atoms with Crippen molar-refractivity contribution in [3.05, 3.63) is 51.4 Å². The summed E-state index contributed by atoms with van der Waals surface area (Å²) in [7, 11) is 1.67. The van der Waals surface area contributed by atoms with Gasteiger partial charge in [-0.05, 0) is 38.1 Å². The van der Waals surface area contributed by atoms with Crippen LogP contribution in [0.25, 0.3) is 10.6 Å². The van der Waals surface area contributed by atoms with Crippen LogP contribution in [0.15, 0.2) is 40.8 Å². The van der Waals surface area contributed by atoms with Crippen LogP contribution in [-0.4, -0.2) is 36.1 Å². The van der Waals surface area contributed by atoms with E-state index in [9.17, 15) is 0 Å². The standard InChI is InChI=1S/C20H25N5OS2.HI/c1-4-21-20(22-10-9-18-23-11-14(2)28-18)24-12-16-13-27-19(25-16)15-5-7-17(26-3)8-6-15;/h5-8,11,13H,4,9-10,12H2,1-3H3,(H2,21,22,24);1H. The number of ether oxygens (including phenoxy) is 1. The van der Waals surface area contributed by atoms with Gasteiger partial charge in [0.2, 0.25) is 0 Å². The quantitative estimate of drug-likeness (QED) is 0.249. The average molecular weight is 544 g/mol. The van der Waals surface area contributed by atoms with E-state index in [1.807, 2.05) is 30.5 Å². The first-order valence-corrected chi connectivity index (χ1v) is 10.9. The predicted octanol–water partition coefficient (Wildman–Crippen LogP) is 4.50. The van der Waals surface area contributed by atoms with Gasteiger partial charge in [-0.25, -0.2) is 15.0 Å². The normalized spacial score (nSPS) is 11.1. The zero-order chi connectivity index (χ0) is 19.8. The average Bonchev–Trinajstić information content (AvgIpc) is 3.35. The lowest BCUT2D eigenvalue weighted by Crippen LogP contribution is -2.38. The van der Waals surface area contributed by atoms with Gasteiger partial charge < -0.3 is 15.4 Å². The third-order valence-corrected chi connectivity index (χ3v) is 5.85. The SMILES string of the molecule is CCNC(=NCc1csc(-c2ccc(OC)cc2)n1)NCCc1ncc(C)s1.I. The van der Waals surface area contributed by atoms with Crippen LogP contribution in [0.5, 0.6) is 5.75 Å². The Balaban J connectivity index is 0.00000300. The number of aryl methyl sites for hydroxylation is 1. The molecule has 0 radical (unpaired) electrons. The third-order valence-electron chi connectivity index (χ3n) is 3.93. The second kappa shape index (κ2) is 12.1. The Morgan fingerprint density at radius 1 is 1.21 bits per heavy atom. The largest absolute Gasteiger partial charge is 0.497 e. The molecule has 0 spiro atoms. The third kappa shape index (κ3) is 7.23. The Bertz CT molecular complexity index is 908. The number of hydrogen-bond acceptors (Lipinski definition) is 6. The van der Waals surface area contributed by atoms with Crippen molar-refractivity contribution in [3.63, 3.8) is 0 Å². The van der Waals surface area contributed by atoms with Gasteiger partial charge in [-0.15, -0.1) is 46.7 Å². The summed E-state index contributed by atoms with van der Waals surface area (Å²) in [5, 5.41) is 10.8. The molecule has 2 heterocycles. The fourth-order valence-electron chi connectivity index (χ4n) is 2.55. The molecular formula is C20H26IN5OS2. The molecule has 3 aromatic rings. The molecule has 0 aliphatic carbocycles. The van der Waals surface area contributed by atoms with Crippen molar-refractivity contribution >= 4 is 52.6 Å². The molecule has 6 nitrogen and oxygen atoms in total. The van der Waals surface area contributed by atoms with Crippen molar-refractivity contribution < 1.29 is 4.74 Å². The Morgan fingerprint density at radius 2 is 2.00 bits per heavy atom. The van der Waals surface area contributed by atoms with Gasteiger partial charge in [0.05, 0.1) is 24.4 Å². The number of hydrogen-bond donors (Lipinski definition) is 2. The smallest absolute Gasteiger partial charge is 0.191 e. The van der Waals surface area contributed by atoms with Gasteiger partial charge in [0, 0.05) is 41.5 Å². The Morgan fingerprint density at radius 3 is 2.66 bits per heavy atom. The molecule has 2 aromatic heterocycles. The van der Waals surface area contributed by atoms with Crippen LogP contribution in [0.2, 0.25) is 0 Å². The zero-order valence-corrected chi connectivity index (χ0v) is 20.7. The molecule has 3 rings (SSSR count). The Labute approximate surface area is 196 Å². The summed E-state index contributed by atoms with van der Waals surface area (Å²) in [5.74, 6) is 1.65. The molecule has 2 N–H and O–H groups in total. The summed E-state index contributed by atoms with van der Waals surface area (Å²) in [6, 6.07) is 7.95. The number of guanidine groups is 1. The van der Waals surface area contributed by atoms with Gasteiger partial charge in [0.15, 0.2) is 5.96 Å². The second-order valence-electron chi connectivity index (χ2n) is 6.11. The van der Waals surface area contributed by atoms with Gasteiger partial charge in [-0.2, -0.15) is 0 Å². The fourth-order valence-corrected chi connectivity index (χ4v) is 4.16. The minimum atomic E-state index is 0. The van der Waals surface area contributed by atoms with Crippen LogP contribution >= 0.6 is 46.7 Å². The van der Waals surface area contributed by atoms with Crippen LogP contribution in [0, 0.1) is 6.92 Å². The van der Waals surface area contributed by atoms with E-state index in [0.717, 1.165) is 52.5 Å². The highest BCUT2D eigenvalue weighted by Crippen LogP contribution is 2.25. The van der Waals surface area contributed by atoms with Crippen LogP contribution in [0.4, 0.5) is 0 Å². The molecule has 0 saturated heterocycles. The van der Waals surface area contributed by atoms with E-state index in [0.29, 0.717) is 6.54 Å². The maximum atomic E-state index is 5.21. The monoisotopic (exact) mass is 543 g/mol. The Hall–Kier alpha value is -1.72. The number of nitrogens with one attached hydrogen (secondary N) is 2. The first-order valence-electron chi connectivity index (χ1n) is 9.20. The molecule has 0 bridgehead atoms. The van der Waals surface area contributed by atoms with E-state index < -0.39 is 0 Å². The molecule has 1 aromatic carbocycles.